The molecular formula is C29H35NO3S. The van der Waals surface area contributed by atoms with E-state index in [-0.39, 0.29) is 17.7 Å². The molecule has 0 heterocycles. The lowest BCUT2D eigenvalue weighted by Gasteiger charge is -2.21. The molecule has 0 N–H and O–H groups in total. The zero-order valence-corrected chi connectivity index (χ0v) is 20.7. The number of ketones is 1. The van der Waals surface area contributed by atoms with Crippen LogP contribution in [-0.2, 0) is 9.63 Å². The molecule has 2 fully saturated rings. The van der Waals surface area contributed by atoms with Crippen LogP contribution in [0.4, 0.5) is 0 Å². The average molecular weight is 478 g/mol. The highest BCUT2D eigenvalue weighted by Crippen LogP contribution is 2.30. The minimum Gasteiger partial charge on any atom is -0.318 e. The van der Waals surface area contributed by atoms with Gasteiger partial charge in [0, 0.05) is 15.4 Å². The smallest absolute Gasteiger partial charge is 0.318 e. The molecule has 5 heteroatoms. The second kappa shape index (κ2) is 12.9. The Morgan fingerprint density at radius 2 is 1.41 bits per heavy atom. The molecule has 0 radical (unpaired) electrons. The Kier molecular flexibility index (Phi) is 9.37. The van der Waals surface area contributed by atoms with Gasteiger partial charge in [-0.3, -0.25) is 4.79 Å². The number of nitrogens with zero attached hydrogens (tertiary/aromatic N) is 1. The maximum Gasteiger partial charge on any atom is 0.338 e. The van der Waals surface area contributed by atoms with Gasteiger partial charge in [-0.05, 0) is 68.0 Å². The third-order valence-corrected chi connectivity index (χ3v) is 8.07. The van der Waals surface area contributed by atoms with E-state index >= 15 is 0 Å². The van der Waals surface area contributed by atoms with Crippen molar-refractivity contribution in [3.8, 4) is 0 Å². The number of hydrogen-bond acceptors (Lipinski definition) is 5. The van der Waals surface area contributed by atoms with Gasteiger partial charge in [-0.25, -0.2) is 4.79 Å². The van der Waals surface area contributed by atoms with E-state index in [0.717, 1.165) is 41.9 Å². The summed E-state index contributed by atoms with van der Waals surface area (Å²) in [6.45, 7) is 0. The molecule has 4 rings (SSSR count). The molecule has 34 heavy (non-hydrogen) atoms. The first-order valence-corrected chi connectivity index (χ1v) is 13.7. The van der Waals surface area contributed by atoms with Crippen LogP contribution in [-0.4, -0.2) is 17.5 Å². The van der Waals surface area contributed by atoms with E-state index in [2.05, 4.69) is 17.3 Å². The summed E-state index contributed by atoms with van der Waals surface area (Å²) in [6.07, 6.45) is 12.8. The van der Waals surface area contributed by atoms with Gasteiger partial charge in [0.1, 0.15) is 5.71 Å². The maximum absolute atomic E-state index is 13.3. The van der Waals surface area contributed by atoms with Crippen molar-refractivity contribution in [2.75, 3.05) is 0 Å². The van der Waals surface area contributed by atoms with Crippen molar-refractivity contribution >= 4 is 29.2 Å². The summed E-state index contributed by atoms with van der Waals surface area (Å²) >= 11 is 1.66. The van der Waals surface area contributed by atoms with Gasteiger partial charge in [-0.2, -0.15) is 0 Å². The number of Topliss-reactive ketones (excluding diaryl/α,β-unsaturated/α-hetero) is 1. The van der Waals surface area contributed by atoms with Crippen LogP contribution in [0, 0.1) is 11.8 Å². The topological polar surface area (TPSA) is 55.7 Å². The Morgan fingerprint density at radius 1 is 0.794 bits per heavy atom. The molecule has 0 aliphatic heterocycles. The van der Waals surface area contributed by atoms with Gasteiger partial charge in [-0.1, -0.05) is 86.5 Å². The lowest BCUT2D eigenvalue weighted by molar-refractivity contribution is -0.149. The predicted octanol–water partition coefficient (Wildman–Crippen LogP) is 7.86. The highest BCUT2D eigenvalue weighted by molar-refractivity contribution is 7.99. The summed E-state index contributed by atoms with van der Waals surface area (Å²) in [5.74, 6) is 0.132. The van der Waals surface area contributed by atoms with E-state index in [4.69, 9.17) is 4.84 Å². The third-order valence-electron chi connectivity index (χ3n) is 7.06. The van der Waals surface area contributed by atoms with Crippen LogP contribution in [0.1, 0.15) is 87.4 Å². The number of carbonyl (C=O) groups excluding carboxylic acids is 2. The predicted molar refractivity (Wildman–Crippen MR) is 137 cm³/mol. The van der Waals surface area contributed by atoms with Crippen molar-refractivity contribution in [3.63, 3.8) is 0 Å². The monoisotopic (exact) mass is 477 g/mol. The van der Waals surface area contributed by atoms with Gasteiger partial charge in [0.15, 0.2) is 0 Å². The second-order valence-electron chi connectivity index (χ2n) is 9.59. The lowest BCUT2D eigenvalue weighted by Crippen LogP contribution is -2.22. The van der Waals surface area contributed by atoms with Crippen LogP contribution < -0.4 is 0 Å². The van der Waals surface area contributed by atoms with Crippen molar-refractivity contribution in [3.05, 3.63) is 60.2 Å². The summed E-state index contributed by atoms with van der Waals surface area (Å²) in [5, 5.41) is 4.16. The van der Waals surface area contributed by atoms with Crippen molar-refractivity contribution in [2.45, 2.75) is 86.8 Å². The fraction of sp³-hybridized carbons (Fsp3) is 0.483. The lowest BCUT2D eigenvalue weighted by atomic mass is 9.85. The molecule has 2 saturated carbocycles. The van der Waals surface area contributed by atoms with E-state index in [1.165, 1.54) is 38.5 Å². The Labute approximate surface area is 207 Å². The summed E-state index contributed by atoms with van der Waals surface area (Å²) in [7, 11) is 0. The summed E-state index contributed by atoms with van der Waals surface area (Å²) in [5.41, 5.74) is 0.965. The van der Waals surface area contributed by atoms with Gasteiger partial charge >= 0.3 is 5.97 Å². The zero-order valence-electron chi connectivity index (χ0n) is 19.9. The summed E-state index contributed by atoms with van der Waals surface area (Å²) in [6, 6.07) is 17.8. The molecule has 0 amide bonds. The first-order chi connectivity index (χ1) is 16.7. The summed E-state index contributed by atoms with van der Waals surface area (Å²) < 4.78 is 0. The molecule has 0 atom stereocenters. The van der Waals surface area contributed by atoms with E-state index in [1.807, 2.05) is 42.5 Å². The van der Waals surface area contributed by atoms with Crippen LogP contribution in [0.25, 0.3) is 0 Å². The van der Waals surface area contributed by atoms with Crippen LogP contribution in [0.2, 0.25) is 0 Å². The fourth-order valence-electron chi connectivity index (χ4n) is 5.00. The van der Waals surface area contributed by atoms with Crippen LogP contribution in [0.3, 0.4) is 0 Å². The molecule has 2 aromatic rings. The summed E-state index contributed by atoms with van der Waals surface area (Å²) in [4.78, 5) is 33.5. The van der Waals surface area contributed by atoms with Crippen molar-refractivity contribution in [1.29, 1.82) is 0 Å². The van der Waals surface area contributed by atoms with Crippen molar-refractivity contribution in [1.82, 2.24) is 0 Å². The number of hydrogen-bond donors (Lipinski definition) is 0. The van der Waals surface area contributed by atoms with E-state index < -0.39 is 0 Å². The molecule has 2 aliphatic carbocycles. The van der Waals surface area contributed by atoms with E-state index in [0.29, 0.717) is 23.6 Å². The molecule has 0 bridgehead atoms. The quantitative estimate of drug-likeness (QED) is 0.160. The minimum atomic E-state index is -0.280. The number of oxime groups is 1. The van der Waals surface area contributed by atoms with Gasteiger partial charge < -0.3 is 4.84 Å². The van der Waals surface area contributed by atoms with Gasteiger partial charge in [0.2, 0.25) is 5.78 Å². The number of rotatable bonds is 9. The van der Waals surface area contributed by atoms with Crippen LogP contribution in [0.5, 0.6) is 0 Å². The molecular weight excluding hydrogens is 442 g/mol. The highest BCUT2D eigenvalue weighted by Gasteiger charge is 2.24. The minimum absolute atomic E-state index is 0.0820. The maximum atomic E-state index is 13.3. The first-order valence-electron chi connectivity index (χ1n) is 12.8. The molecule has 0 saturated heterocycles. The van der Waals surface area contributed by atoms with Crippen LogP contribution in [0.15, 0.2) is 69.5 Å². The molecule has 4 nitrogen and oxygen atoms in total. The standard InChI is InChI=1S/C29H35NO3S/c31-28(23-17-19-26(20-18-23)34-25-14-8-3-9-15-25)27(21-16-22-10-4-1-5-11-22)30-33-29(32)24-12-6-2-7-13-24/h3,8-9,14-15,17-20,22,24H,1-2,4-7,10-13,16,21H2. The zero-order chi connectivity index (χ0) is 23.6. The fourth-order valence-corrected chi connectivity index (χ4v) is 5.83. The SMILES string of the molecule is O=C(C(CCC1CCCCC1)=NOC(=O)C1CCCCC1)c1ccc(Sc2ccccc2)cc1. The molecule has 180 valence electrons. The average Bonchev–Trinajstić information content (AvgIpc) is 2.90. The Morgan fingerprint density at radius 3 is 2.09 bits per heavy atom. The normalized spacial score (nSPS) is 17.9. The van der Waals surface area contributed by atoms with Gasteiger partial charge in [-0.15, -0.1) is 0 Å². The molecule has 2 aromatic carbocycles. The first kappa shape index (κ1) is 24.7. The van der Waals surface area contributed by atoms with Gasteiger partial charge in [0.05, 0.1) is 5.92 Å². The van der Waals surface area contributed by atoms with E-state index in [9.17, 15) is 9.59 Å². The van der Waals surface area contributed by atoms with Crippen molar-refractivity contribution < 1.29 is 14.4 Å². The largest absolute Gasteiger partial charge is 0.338 e. The molecule has 0 aromatic heterocycles. The van der Waals surface area contributed by atoms with Crippen LogP contribution >= 0.6 is 11.8 Å². The molecule has 0 spiro atoms. The number of benzene rings is 2. The highest BCUT2D eigenvalue weighted by atomic mass is 32.2. The molecule has 2 aliphatic rings. The van der Waals surface area contributed by atoms with Gasteiger partial charge in [0.25, 0.3) is 0 Å². The Bertz CT molecular complexity index is 959. The second-order valence-corrected chi connectivity index (χ2v) is 10.7. The third kappa shape index (κ3) is 7.30. The van der Waals surface area contributed by atoms with E-state index in [1.54, 1.807) is 11.8 Å². The Hall–Kier alpha value is -2.40. The van der Waals surface area contributed by atoms with Crippen molar-refractivity contribution in [2.24, 2.45) is 17.0 Å². The number of carbonyl (C=O) groups is 2. The molecule has 0 unspecified atom stereocenters. The Balaban J connectivity index is 1.43.